The molecule has 1 aliphatic carbocycles. The highest BCUT2D eigenvalue weighted by molar-refractivity contribution is 5.20. The van der Waals surface area contributed by atoms with Gasteiger partial charge in [-0.15, -0.1) is 0 Å². The molecule has 2 unspecified atom stereocenters. The van der Waals surface area contributed by atoms with Crippen molar-refractivity contribution in [1.82, 2.24) is 5.32 Å². The lowest BCUT2D eigenvalue weighted by molar-refractivity contribution is 0.355. The minimum absolute atomic E-state index is 0.641. The Hall–Kier alpha value is -0.760. The lowest BCUT2D eigenvalue weighted by Gasteiger charge is -2.24. The fourth-order valence-corrected chi connectivity index (χ4v) is 2.00. The quantitative estimate of drug-likeness (QED) is 0.748. The second-order valence-corrected chi connectivity index (χ2v) is 4.41. The van der Waals surface area contributed by atoms with Crippen LogP contribution in [0.15, 0.2) is 16.5 Å². The zero-order valence-corrected chi connectivity index (χ0v) is 7.92. The topological polar surface area (TPSA) is 25.2 Å². The molecule has 2 heterocycles. The van der Waals surface area contributed by atoms with E-state index in [0.717, 1.165) is 24.9 Å². The zero-order chi connectivity index (χ0) is 8.84. The molecule has 0 spiro atoms. The van der Waals surface area contributed by atoms with Crippen molar-refractivity contribution in [2.24, 2.45) is 5.92 Å². The smallest absolute Gasteiger partial charge is 0.109 e. The van der Waals surface area contributed by atoms with Gasteiger partial charge in [0.15, 0.2) is 0 Å². The van der Waals surface area contributed by atoms with Gasteiger partial charge in [-0.05, 0) is 24.5 Å². The van der Waals surface area contributed by atoms with Crippen molar-refractivity contribution in [2.45, 2.75) is 25.2 Å². The summed E-state index contributed by atoms with van der Waals surface area (Å²) in [5.74, 6) is 4.62. The largest absolute Gasteiger partial charge is 0.465 e. The Labute approximate surface area is 78.3 Å². The van der Waals surface area contributed by atoms with Crippen LogP contribution in [-0.4, -0.2) is 13.1 Å². The number of nitrogens with one attached hydrogen (secondary N) is 1. The summed E-state index contributed by atoms with van der Waals surface area (Å²) in [5.41, 5.74) is 0. The van der Waals surface area contributed by atoms with Crippen molar-refractivity contribution in [3.05, 3.63) is 23.7 Å². The van der Waals surface area contributed by atoms with Crippen molar-refractivity contribution in [3.8, 4) is 0 Å². The monoisotopic (exact) mass is 177 g/mol. The van der Waals surface area contributed by atoms with Crippen LogP contribution in [-0.2, 0) is 0 Å². The maximum atomic E-state index is 5.84. The van der Waals surface area contributed by atoms with Crippen LogP contribution in [0.25, 0.3) is 0 Å². The van der Waals surface area contributed by atoms with Crippen LogP contribution >= 0.6 is 0 Å². The highest BCUT2D eigenvalue weighted by atomic mass is 16.3. The van der Waals surface area contributed by atoms with Gasteiger partial charge < -0.3 is 9.73 Å². The first-order valence-corrected chi connectivity index (χ1v) is 5.15. The van der Waals surface area contributed by atoms with E-state index in [1.807, 2.05) is 0 Å². The third-order valence-corrected chi connectivity index (χ3v) is 3.31. The van der Waals surface area contributed by atoms with Gasteiger partial charge in [0.25, 0.3) is 0 Å². The molecule has 1 N–H and O–H groups in total. The first kappa shape index (κ1) is 7.63. The van der Waals surface area contributed by atoms with Gasteiger partial charge in [0.05, 0.1) is 0 Å². The van der Waals surface area contributed by atoms with Crippen LogP contribution in [0.4, 0.5) is 0 Å². The van der Waals surface area contributed by atoms with Crippen LogP contribution in [0.5, 0.6) is 0 Å². The molecule has 2 atom stereocenters. The molecule has 2 fully saturated rings. The standard InChI is InChI=1S/C11H15NO/c1-7-4-9(7)11-3-2-10(13-11)8-5-12-6-8/h2-3,7-9,12H,4-6H2,1H3. The Morgan fingerprint density at radius 2 is 2.00 bits per heavy atom. The minimum atomic E-state index is 0.641. The highest BCUT2D eigenvalue weighted by Crippen LogP contribution is 2.47. The molecule has 1 saturated heterocycles. The Balaban J connectivity index is 1.77. The molecule has 2 heteroatoms. The first-order valence-electron chi connectivity index (χ1n) is 5.15. The fraction of sp³-hybridized carbons (Fsp3) is 0.636. The summed E-state index contributed by atoms with van der Waals surface area (Å²) < 4.78 is 5.84. The molecule has 0 amide bonds. The molecule has 1 aromatic rings. The molecular weight excluding hydrogens is 162 g/mol. The molecule has 70 valence electrons. The Morgan fingerprint density at radius 1 is 1.31 bits per heavy atom. The van der Waals surface area contributed by atoms with Gasteiger partial charge in [0.1, 0.15) is 11.5 Å². The molecule has 0 radical (unpaired) electrons. The molecule has 1 aliphatic heterocycles. The molecule has 0 bridgehead atoms. The lowest BCUT2D eigenvalue weighted by Crippen LogP contribution is -2.39. The molecule has 3 rings (SSSR count). The number of hydrogen-bond acceptors (Lipinski definition) is 2. The molecule has 13 heavy (non-hydrogen) atoms. The highest BCUT2D eigenvalue weighted by Gasteiger charge is 2.37. The fourth-order valence-electron chi connectivity index (χ4n) is 2.00. The van der Waals surface area contributed by atoms with E-state index < -0.39 is 0 Å². The summed E-state index contributed by atoms with van der Waals surface area (Å²) in [6.07, 6.45) is 1.32. The molecular formula is C11H15NO. The van der Waals surface area contributed by atoms with Gasteiger partial charge >= 0.3 is 0 Å². The van der Waals surface area contributed by atoms with Crippen molar-refractivity contribution in [2.75, 3.05) is 13.1 Å². The SMILES string of the molecule is CC1CC1c1ccc(C2CNC2)o1. The van der Waals surface area contributed by atoms with E-state index in [4.69, 9.17) is 4.42 Å². The van der Waals surface area contributed by atoms with Gasteiger partial charge in [-0.1, -0.05) is 6.92 Å². The van der Waals surface area contributed by atoms with E-state index >= 15 is 0 Å². The van der Waals surface area contributed by atoms with Gasteiger partial charge in [-0.25, -0.2) is 0 Å². The van der Waals surface area contributed by atoms with Crippen LogP contribution in [0.3, 0.4) is 0 Å². The third-order valence-electron chi connectivity index (χ3n) is 3.31. The van der Waals surface area contributed by atoms with Crippen LogP contribution in [0.1, 0.15) is 36.7 Å². The van der Waals surface area contributed by atoms with Gasteiger partial charge in [-0.2, -0.15) is 0 Å². The number of rotatable bonds is 2. The second kappa shape index (κ2) is 2.61. The van der Waals surface area contributed by atoms with E-state index in [2.05, 4.69) is 24.4 Å². The van der Waals surface area contributed by atoms with E-state index in [-0.39, 0.29) is 0 Å². The zero-order valence-electron chi connectivity index (χ0n) is 7.92. The van der Waals surface area contributed by atoms with Crippen molar-refractivity contribution in [1.29, 1.82) is 0 Å². The minimum Gasteiger partial charge on any atom is -0.465 e. The summed E-state index contributed by atoms with van der Waals surface area (Å²) in [6.45, 7) is 4.47. The van der Waals surface area contributed by atoms with Crippen LogP contribution < -0.4 is 5.32 Å². The predicted octanol–water partition coefficient (Wildman–Crippen LogP) is 2.09. The van der Waals surface area contributed by atoms with Gasteiger partial charge in [0, 0.05) is 24.9 Å². The van der Waals surface area contributed by atoms with Crippen molar-refractivity contribution < 1.29 is 4.42 Å². The van der Waals surface area contributed by atoms with Gasteiger partial charge in [0.2, 0.25) is 0 Å². The Bertz CT molecular complexity index is 294. The molecule has 2 nitrogen and oxygen atoms in total. The Kier molecular flexibility index (Phi) is 1.53. The summed E-state index contributed by atoms with van der Waals surface area (Å²) in [4.78, 5) is 0. The number of furan rings is 1. The normalized spacial score (nSPS) is 33.0. The average Bonchev–Trinajstić information content (AvgIpc) is 2.58. The van der Waals surface area contributed by atoms with E-state index in [1.165, 1.54) is 17.9 Å². The van der Waals surface area contributed by atoms with Crippen molar-refractivity contribution in [3.63, 3.8) is 0 Å². The average molecular weight is 177 g/mol. The second-order valence-electron chi connectivity index (χ2n) is 4.41. The van der Waals surface area contributed by atoms with Gasteiger partial charge in [-0.3, -0.25) is 0 Å². The maximum absolute atomic E-state index is 5.84. The maximum Gasteiger partial charge on any atom is 0.109 e. The lowest BCUT2D eigenvalue weighted by atomic mass is 10.0. The van der Waals surface area contributed by atoms with Crippen LogP contribution in [0.2, 0.25) is 0 Å². The predicted molar refractivity (Wildman–Crippen MR) is 50.8 cm³/mol. The van der Waals surface area contributed by atoms with E-state index in [1.54, 1.807) is 0 Å². The van der Waals surface area contributed by atoms with Crippen molar-refractivity contribution >= 4 is 0 Å². The van der Waals surface area contributed by atoms with Crippen LogP contribution in [0, 0.1) is 5.92 Å². The third kappa shape index (κ3) is 1.20. The number of hydrogen-bond donors (Lipinski definition) is 1. The summed E-state index contributed by atoms with van der Waals surface area (Å²) >= 11 is 0. The van der Waals surface area contributed by atoms with E-state index in [9.17, 15) is 0 Å². The molecule has 2 aliphatic rings. The summed E-state index contributed by atoms with van der Waals surface area (Å²) in [7, 11) is 0. The van der Waals surface area contributed by atoms with E-state index in [0.29, 0.717) is 5.92 Å². The molecule has 1 aromatic heterocycles. The molecule has 0 aromatic carbocycles. The molecule has 1 saturated carbocycles. The summed E-state index contributed by atoms with van der Waals surface area (Å²) in [5, 5.41) is 3.26. The Morgan fingerprint density at radius 3 is 2.54 bits per heavy atom. The summed E-state index contributed by atoms with van der Waals surface area (Å²) in [6, 6.07) is 4.33. The first-order chi connectivity index (χ1) is 6.34.